The Hall–Kier alpha value is -1.37. The van der Waals surface area contributed by atoms with Crippen LogP contribution >= 0.6 is 23.8 Å². The van der Waals surface area contributed by atoms with Crippen LogP contribution in [-0.2, 0) is 14.3 Å². The van der Waals surface area contributed by atoms with Gasteiger partial charge in [-0.1, -0.05) is 29.9 Å². The summed E-state index contributed by atoms with van der Waals surface area (Å²) in [5.41, 5.74) is 6.99. The molecule has 1 rings (SSSR count). The number of esters is 1. The van der Waals surface area contributed by atoms with Gasteiger partial charge in [0.05, 0.1) is 23.8 Å². The molecule has 0 aromatic heterocycles. The highest BCUT2D eigenvalue weighted by Gasteiger charge is 2.18. The van der Waals surface area contributed by atoms with Gasteiger partial charge < -0.3 is 20.1 Å². The highest BCUT2D eigenvalue weighted by Crippen LogP contribution is 2.27. The number of benzene rings is 1. The molecule has 1 aromatic carbocycles. The third-order valence-corrected chi connectivity index (χ3v) is 3.29. The highest BCUT2D eigenvalue weighted by atomic mass is 35.5. The van der Waals surface area contributed by atoms with Crippen LogP contribution in [0.3, 0.4) is 0 Å². The van der Waals surface area contributed by atoms with Crippen LogP contribution in [0.4, 0.5) is 5.69 Å². The second-order valence-electron chi connectivity index (χ2n) is 4.22. The predicted molar refractivity (Wildman–Crippen MR) is 88.1 cm³/mol. The van der Waals surface area contributed by atoms with Crippen molar-refractivity contribution in [3.63, 3.8) is 0 Å². The van der Waals surface area contributed by atoms with Crippen LogP contribution in [0.1, 0.15) is 12.5 Å². The average Bonchev–Trinajstić information content (AvgIpc) is 2.43. The fraction of sp³-hybridized carbons (Fsp3) is 0.429. The van der Waals surface area contributed by atoms with E-state index in [9.17, 15) is 4.79 Å². The second-order valence-corrected chi connectivity index (χ2v) is 5.06. The van der Waals surface area contributed by atoms with E-state index in [1.165, 1.54) is 0 Å². The number of ether oxygens (including phenoxy) is 2. The molecule has 0 radical (unpaired) electrons. The van der Waals surface area contributed by atoms with E-state index >= 15 is 0 Å². The number of carbonyl (C=O) groups is 1. The number of anilines is 1. The van der Waals surface area contributed by atoms with Gasteiger partial charge in [0.2, 0.25) is 0 Å². The summed E-state index contributed by atoms with van der Waals surface area (Å²) in [7, 11) is 1.59. The number of methoxy groups -OCH3 is 1. The van der Waals surface area contributed by atoms with Gasteiger partial charge in [-0.2, -0.15) is 0 Å². The minimum Gasteiger partial charge on any atom is -0.465 e. The summed E-state index contributed by atoms with van der Waals surface area (Å²) in [6, 6.07) is 5.30. The Bertz CT molecular complexity index is 511. The van der Waals surface area contributed by atoms with E-state index in [4.69, 9.17) is 39.0 Å². The van der Waals surface area contributed by atoms with Gasteiger partial charge >= 0.3 is 5.97 Å². The van der Waals surface area contributed by atoms with Crippen LogP contribution in [-0.4, -0.2) is 44.4 Å². The topological polar surface area (TPSA) is 64.8 Å². The zero-order valence-corrected chi connectivity index (χ0v) is 13.7. The molecule has 7 heteroatoms. The van der Waals surface area contributed by atoms with Gasteiger partial charge in [-0.05, 0) is 19.1 Å². The minimum absolute atomic E-state index is 0.0765. The third-order valence-electron chi connectivity index (χ3n) is 2.77. The molecule has 0 atom stereocenters. The first-order valence-electron chi connectivity index (χ1n) is 6.49. The Labute approximate surface area is 135 Å². The van der Waals surface area contributed by atoms with Crippen molar-refractivity contribution < 1.29 is 14.3 Å². The SMILES string of the molecule is CCOC(=O)CN(CCOC)c1cccc(Cl)c1C(N)=S. The molecule has 0 saturated carbocycles. The lowest BCUT2D eigenvalue weighted by Crippen LogP contribution is -2.35. The van der Waals surface area contributed by atoms with Gasteiger partial charge in [0.25, 0.3) is 0 Å². The Morgan fingerprint density at radius 2 is 2.19 bits per heavy atom. The van der Waals surface area contributed by atoms with Crippen molar-refractivity contribution in [3.8, 4) is 0 Å². The van der Waals surface area contributed by atoms with Crippen LogP contribution in [0.25, 0.3) is 0 Å². The van der Waals surface area contributed by atoms with Crippen LogP contribution in [0.5, 0.6) is 0 Å². The molecule has 21 heavy (non-hydrogen) atoms. The number of nitrogens with zero attached hydrogens (tertiary/aromatic N) is 1. The molecule has 1 aromatic rings. The number of hydrogen-bond donors (Lipinski definition) is 1. The minimum atomic E-state index is -0.331. The van der Waals surface area contributed by atoms with Crippen LogP contribution in [0.15, 0.2) is 18.2 Å². The monoisotopic (exact) mass is 330 g/mol. The van der Waals surface area contributed by atoms with E-state index in [-0.39, 0.29) is 17.5 Å². The summed E-state index contributed by atoms with van der Waals surface area (Å²) in [5.74, 6) is -0.331. The maximum absolute atomic E-state index is 11.8. The molecule has 0 heterocycles. The van der Waals surface area contributed by atoms with E-state index in [0.717, 1.165) is 0 Å². The molecule has 0 unspecified atom stereocenters. The number of hydrogen-bond acceptors (Lipinski definition) is 5. The number of rotatable bonds is 8. The van der Waals surface area contributed by atoms with E-state index in [1.54, 1.807) is 31.1 Å². The first-order chi connectivity index (χ1) is 10.0. The standard InChI is InChI=1S/C14H19ClN2O3S/c1-3-20-12(18)9-17(7-8-19-2)11-6-4-5-10(15)13(11)14(16)21/h4-6H,3,7-9H2,1-2H3,(H2,16,21). The summed E-state index contributed by atoms with van der Waals surface area (Å²) in [6.45, 7) is 3.10. The zero-order chi connectivity index (χ0) is 15.8. The van der Waals surface area contributed by atoms with Gasteiger partial charge in [0.15, 0.2) is 0 Å². The fourth-order valence-electron chi connectivity index (χ4n) is 1.87. The molecular formula is C14H19ClN2O3S. The molecule has 2 N–H and O–H groups in total. The first-order valence-corrected chi connectivity index (χ1v) is 7.27. The summed E-state index contributed by atoms with van der Waals surface area (Å²) < 4.78 is 10.1. The van der Waals surface area contributed by atoms with E-state index in [0.29, 0.717) is 36.0 Å². The molecule has 116 valence electrons. The van der Waals surface area contributed by atoms with Crippen molar-refractivity contribution in [3.05, 3.63) is 28.8 Å². The van der Waals surface area contributed by atoms with Gasteiger partial charge in [-0.3, -0.25) is 4.79 Å². The molecule has 0 aliphatic heterocycles. The number of carbonyl (C=O) groups excluding carboxylic acids is 1. The number of halogens is 1. The Morgan fingerprint density at radius 1 is 1.48 bits per heavy atom. The van der Waals surface area contributed by atoms with Gasteiger partial charge in [0.1, 0.15) is 11.5 Å². The van der Waals surface area contributed by atoms with Crippen molar-refractivity contribution in [2.75, 3.05) is 38.3 Å². The van der Waals surface area contributed by atoms with Crippen molar-refractivity contribution in [1.29, 1.82) is 0 Å². The molecule has 5 nitrogen and oxygen atoms in total. The highest BCUT2D eigenvalue weighted by molar-refractivity contribution is 7.80. The molecule has 0 aliphatic rings. The Balaban J connectivity index is 3.10. The van der Waals surface area contributed by atoms with Crippen molar-refractivity contribution in [1.82, 2.24) is 0 Å². The quantitative estimate of drug-likeness (QED) is 0.581. The summed E-state index contributed by atoms with van der Waals surface area (Å²) in [4.78, 5) is 13.7. The summed E-state index contributed by atoms with van der Waals surface area (Å²) in [6.07, 6.45) is 0. The second kappa shape index (κ2) is 8.81. The van der Waals surface area contributed by atoms with E-state index in [1.807, 2.05) is 6.07 Å². The van der Waals surface area contributed by atoms with Crippen LogP contribution in [0.2, 0.25) is 5.02 Å². The molecule has 0 amide bonds. The summed E-state index contributed by atoms with van der Waals surface area (Å²) >= 11 is 11.2. The maximum atomic E-state index is 11.8. The van der Waals surface area contributed by atoms with E-state index in [2.05, 4.69) is 0 Å². The lowest BCUT2D eigenvalue weighted by molar-refractivity contribution is -0.141. The molecule has 0 aliphatic carbocycles. The molecule has 0 spiro atoms. The maximum Gasteiger partial charge on any atom is 0.325 e. The van der Waals surface area contributed by atoms with Gasteiger partial charge in [-0.25, -0.2) is 0 Å². The predicted octanol–water partition coefficient (Wildman–Crippen LogP) is 1.99. The lowest BCUT2D eigenvalue weighted by Gasteiger charge is -2.26. The molecule has 0 fully saturated rings. The molecule has 0 bridgehead atoms. The van der Waals surface area contributed by atoms with Crippen LogP contribution < -0.4 is 10.6 Å². The van der Waals surface area contributed by atoms with Gasteiger partial charge in [-0.15, -0.1) is 0 Å². The third kappa shape index (κ3) is 5.15. The Morgan fingerprint density at radius 3 is 2.76 bits per heavy atom. The van der Waals surface area contributed by atoms with Crippen molar-refractivity contribution in [2.45, 2.75) is 6.92 Å². The lowest BCUT2D eigenvalue weighted by atomic mass is 10.1. The van der Waals surface area contributed by atoms with Crippen molar-refractivity contribution >= 4 is 40.5 Å². The number of thiocarbonyl (C=S) groups is 1. The molecular weight excluding hydrogens is 312 g/mol. The molecule has 0 saturated heterocycles. The van der Waals surface area contributed by atoms with Gasteiger partial charge in [0, 0.05) is 19.3 Å². The van der Waals surface area contributed by atoms with Crippen LogP contribution in [0, 0.1) is 0 Å². The Kier molecular flexibility index (Phi) is 7.42. The normalized spacial score (nSPS) is 10.2. The summed E-state index contributed by atoms with van der Waals surface area (Å²) in [5, 5.41) is 0.450. The largest absolute Gasteiger partial charge is 0.465 e. The zero-order valence-electron chi connectivity index (χ0n) is 12.1. The fourth-order valence-corrected chi connectivity index (χ4v) is 2.41. The van der Waals surface area contributed by atoms with Crippen molar-refractivity contribution in [2.24, 2.45) is 5.73 Å². The van der Waals surface area contributed by atoms with E-state index < -0.39 is 0 Å². The smallest absolute Gasteiger partial charge is 0.325 e. The number of nitrogens with two attached hydrogens (primary N) is 1. The first kappa shape index (κ1) is 17.7. The average molecular weight is 331 g/mol.